The third kappa shape index (κ3) is 20.5. The number of aryl methyl sites for hydroxylation is 5. The molecule has 2 amide bonds. The highest BCUT2D eigenvalue weighted by Gasteiger charge is 2.18. The number of benzene rings is 4. The van der Waals surface area contributed by atoms with Crippen LogP contribution in [0.4, 0.5) is 0 Å². The molecule has 0 radical (unpaired) electrons. The van der Waals surface area contributed by atoms with Crippen molar-refractivity contribution in [3.63, 3.8) is 0 Å². The van der Waals surface area contributed by atoms with E-state index in [2.05, 4.69) is 17.4 Å². The van der Waals surface area contributed by atoms with Crippen LogP contribution in [-0.2, 0) is 31.9 Å². The molecule has 0 saturated carbocycles. The number of carbonyl (C=O) groups excluding carboxylic acids is 2. The van der Waals surface area contributed by atoms with Crippen LogP contribution in [-0.4, -0.2) is 73.0 Å². The summed E-state index contributed by atoms with van der Waals surface area (Å²) in [7, 11) is 0. The number of aromatic hydroxyl groups is 2. The molecule has 4 aromatic rings. The number of hydrogen-bond acceptors (Lipinski definition) is 8. The first-order valence-electron chi connectivity index (χ1n) is 21.4. The van der Waals surface area contributed by atoms with E-state index in [1.165, 1.54) is 0 Å². The second-order valence-corrected chi connectivity index (χ2v) is 12.5. The highest BCUT2D eigenvalue weighted by molar-refractivity contribution is 5.79. The first kappa shape index (κ1) is 53.9. The van der Waals surface area contributed by atoms with Gasteiger partial charge in [0.25, 0.3) is 0 Å². The summed E-state index contributed by atoms with van der Waals surface area (Å²) in [5, 5.41) is 21.6. The van der Waals surface area contributed by atoms with Crippen LogP contribution in [0.2, 0.25) is 0 Å². The Morgan fingerprint density at radius 3 is 1.47 bits per heavy atom. The van der Waals surface area contributed by atoms with Gasteiger partial charge in [-0.15, -0.1) is 0 Å². The average molecular weight is 819 g/mol. The Morgan fingerprint density at radius 2 is 1.07 bits per heavy atom. The Labute approximate surface area is 355 Å². The summed E-state index contributed by atoms with van der Waals surface area (Å²) in [5.41, 5.74) is 6.10. The summed E-state index contributed by atoms with van der Waals surface area (Å²) in [5.74, 6) is 3.52. The molecule has 59 heavy (non-hydrogen) atoms. The van der Waals surface area contributed by atoms with Crippen LogP contribution in [0.1, 0.15) is 102 Å². The number of nitrogens with one attached hydrogen (secondary N) is 1. The predicted molar refractivity (Wildman–Crippen MR) is 243 cm³/mol. The van der Waals surface area contributed by atoms with Crippen molar-refractivity contribution in [2.75, 3.05) is 46.1 Å². The topological polar surface area (TPSA) is 127 Å². The number of rotatable bonds is 13. The van der Waals surface area contributed by atoms with Crippen molar-refractivity contribution < 1.29 is 38.7 Å². The Hall–Kier alpha value is -5.06. The number of amides is 2. The van der Waals surface area contributed by atoms with Crippen LogP contribution < -0.4 is 14.8 Å². The molecule has 0 aliphatic carbocycles. The van der Waals surface area contributed by atoms with Crippen molar-refractivity contribution in [3.8, 4) is 34.5 Å². The van der Waals surface area contributed by atoms with Crippen molar-refractivity contribution >= 4 is 11.8 Å². The zero-order valence-corrected chi connectivity index (χ0v) is 38.3. The average Bonchev–Trinajstić information content (AvgIpc) is 3.26. The standard InChI is InChI=1S/C21H27NO4.C20H23NO4.4C2H6/c1-4-25-12-11-22-20(24)10-5-17-13-15(2)21(16(3)14-17)26-19-8-6-18(23)7-9-19;1-14-11-16(13-19(23)21-7-9-24-10-8-21)12-15(2)20(14)25-18-5-3-17(22)4-6-18;4*1-2/h6-9,13-14,23H,4-5,10-12H2,1-3H3,(H,22,24);3-6,11-12,22H,7-10,13H2,1-2H3;4*1-2H3. The molecule has 0 aromatic heterocycles. The molecule has 10 nitrogen and oxygen atoms in total. The normalized spacial score (nSPS) is 11.2. The van der Waals surface area contributed by atoms with E-state index in [4.69, 9.17) is 18.9 Å². The van der Waals surface area contributed by atoms with Crippen molar-refractivity contribution in [2.45, 2.75) is 109 Å². The molecule has 1 saturated heterocycles. The molecule has 0 unspecified atom stereocenters. The van der Waals surface area contributed by atoms with E-state index in [9.17, 15) is 19.8 Å². The first-order valence-corrected chi connectivity index (χ1v) is 21.4. The highest BCUT2D eigenvalue weighted by atomic mass is 16.5. The number of nitrogens with zero attached hydrogens (tertiary/aromatic N) is 1. The van der Waals surface area contributed by atoms with E-state index in [-0.39, 0.29) is 23.3 Å². The van der Waals surface area contributed by atoms with Crippen molar-refractivity contribution in [1.82, 2.24) is 10.2 Å². The van der Waals surface area contributed by atoms with E-state index in [0.29, 0.717) is 76.8 Å². The largest absolute Gasteiger partial charge is 0.508 e. The summed E-state index contributed by atoms with van der Waals surface area (Å²) < 4.78 is 22.4. The second-order valence-electron chi connectivity index (χ2n) is 12.5. The van der Waals surface area contributed by atoms with Gasteiger partial charge in [-0.05, 0) is 123 Å². The summed E-state index contributed by atoms with van der Waals surface area (Å²) in [4.78, 5) is 26.1. The monoisotopic (exact) mass is 819 g/mol. The van der Waals surface area contributed by atoms with Gasteiger partial charge < -0.3 is 39.4 Å². The van der Waals surface area contributed by atoms with Crippen LogP contribution >= 0.6 is 0 Å². The minimum Gasteiger partial charge on any atom is -0.508 e. The van der Waals surface area contributed by atoms with Crippen molar-refractivity contribution in [3.05, 3.63) is 106 Å². The van der Waals surface area contributed by atoms with E-state index < -0.39 is 0 Å². The Kier molecular flexibility index (Phi) is 29.1. The van der Waals surface area contributed by atoms with E-state index in [1.807, 2.05) is 107 Å². The van der Waals surface area contributed by atoms with Crippen LogP contribution in [0, 0.1) is 27.7 Å². The lowest BCUT2D eigenvalue weighted by Crippen LogP contribution is -2.41. The summed E-state index contributed by atoms with van der Waals surface area (Å²) in [6, 6.07) is 21.4. The van der Waals surface area contributed by atoms with Crippen molar-refractivity contribution in [2.24, 2.45) is 0 Å². The molecule has 1 aliphatic heterocycles. The van der Waals surface area contributed by atoms with Gasteiger partial charge in [-0.2, -0.15) is 0 Å². The maximum atomic E-state index is 12.4. The van der Waals surface area contributed by atoms with Gasteiger partial charge in [0.05, 0.1) is 26.2 Å². The molecule has 0 bridgehead atoms. The van der Waals surface area contributed by atoms with Gasteiger partial charge in [0, 0.05) is 32.7 Å². The molecule has 1 heterocycles. The third-order valence-corrected chi connectivity index (χ3v) is 8.29. The van der Waals surface area contributed by atoms with Gasteiger partial charge in [0.15, 0.2) is 0 Å². The molecule has 10 heteroatoms. The fourth-order valence-corrected chi connectivity index (χ4v) is 5.76. The number of carbonyl (C=O) groups is 2. The zero-order chi connectivity index (χ0) is 44.8. The lowest BCUT2D eigenvalue weighted by Gasteiger charge is -2.27. The van der Waals surface area contributed by atoms with Crippen LogP contribution in [0.15, 0.2) is 72.8 Å². The molecular formula is C49H74N2O8. The first-order chi connectivity index (χ1) is 28.5. The zero-order valence-electron chi connectivity index (χ0n) is 38.3. The number of phenolic OH excluding ortho intramolecular Hbond substituents is 2. The van der Waals surface area contributed by atoms with E-state index >= 15 is 0 Å². The SMILES string of the molecule is CC.CC.CC.CC.CCOCCNC(=O)CCc1cc(C)c(Oc2ccc(O)cc2)c(C)c1.Cc1cc(CC(=O)N2CCOCC2)cc(C)c1Oc1ccc(O)cc1. The smallest absolute Gasteiger partial charge is 0.227 e. The van der Waals surface area contributed by atoms with Crippen LogP contribution in [0.25, 0.3) is 0 Å². The maximum Gasteiger partial charge on any atom is 0.227 e. The Balaban J connectivity index is 0.000000976. The number of ether oxygens (including phenoxy) is 4. The van der Waals surface area contributed by atoms with Gasteiger partial charge in [-0.3, -0.25) is 9.59 Å². The molecule has 4 aromatic carbocycles. The molecule has 1 aliphatic rings. The Bertz CT molecular complexity index is 1690. The van der Waals surface area contributed by atoms with Crippen molar-refractivity contribution in [1.29, 1.82) is 0 Å². The van der Waals surface area contributed by atoms with Crippen LogP contribution in [0.5, 0.6) is 34.5 Å². The summed E-state index contributed by atoms with van der Waals surface area (Å²) >= 11 is 0. The quantitative estimate of drug-likeness (QED) is 0.114. The van der Waals surface area contributed by atoms with Gasteiger partial charge >= 0.3 is 0 Å². The molecule has 0 atom stereocenters. The molecule has 3 N–H and O–H groups in total. The fraction of sp³-hybridized carbons (Fsp3) is 0.469. The van der Waals surface area contributed by atoms with E-state index in [0.717, 1.165) is 44.9 Å². The van der Waals surface area contributed by atoms with Gasteiger partial charge in [-0.25, -0.2) is 0 Å². The van der Waals surface area contributed by atoms with Crippen LogP contribution in [0.3, 0.4) is 0 Å². The molecule has 1 fully saturated rings. The van der Waals surface area contributed by atoms with Gasteiger partial charge in [0.2, 0.25) is 11.8 Å². The lowest BCUT2D eigenvalue weighted by molar-refractivity contribution is -0.134. The number of morpholine rings is 1. The molecule has 328 valence electrons. The lowest BCUT2D eigenvalue weighted by atomic mass is 10.0. The van der Waals surface area contributed by atoms with E-state index in [1.54, 1.807) is 48.5 Å². The molecular weight excluding hydrogens is 745 g/mol. The van der Waals surface area contributed by atoms with Gasteiger partial charge in [-0.1, -0.05) is 79.7 Å². The summed E-state index contributed by atoms with van der Waals surface area (Å²) in [6.45, 7) is 30.2. The van der Waals surface area contributed by atoms with Gasteiger partial charge in [0.1, 0.15) is 34.5 Å². The predicted octanol–water partition coefficient (Wildman–Crippen LogP) is 11.2. The highest BCUT2D eigenvalue weighted by Crippen LogP contribution is 2.32. The summed E-state index contributed by atoms with van der Waals surface area (Å²) in [6.07, 6.45) is 1.52. The Morgan fingerprint density at radius 1 is 0.661 bits per heavy atom. The molecule has 0 spiro atoms. The minimum absolute atomic E-state index is 0.0319. The second kappa shape index (κ2) is 31.9. The number of hydrogen-bond donors (Lipinski definition) is 3. The molecule has 5 rings (SSSR count). The third-order valence-electron chi connectivity index (χ3n) is 8.29. The fourth-order valence-electron chi connectivity index (χ4n) is 5.76. The maximum absolute atomic E-state index is 12.4. The minimum atomic E-state index is 0.0319. The number of phenols is 2.